The van der Waals surface area contributed by atoms with Crippen LogP contribution in [0, 0.1) is 0 Å². The minimum Gasteiger partial charge on any atom is -0.469 e. The van der Waals surface area contributed by atoms with Crippen LogP contribution >= 0.6 is 24.0 Å². The van der Waals surface area contributed by atoms with Crippen LogP contribution in [0.5, 0.6) is 0 Å². The summed E-state index contributed by atoms with van der Waals surface area (Å²) in [6.07, 6.45) is 9.16. The van der Waals surface area contributed by atoms with Crippen molar-refractivity contribution in [2.75, 3.05) is 33.2 Å². The van der Waals surface area contributed by atoms with Crippen LogP contribution in [0.4, 0.5) is 0 Å². The molecule has 0 spiro atoms. The molecule has 1 saturated heterocycles. The van der Waals surface area contributed by atoms with Crippen LogP contribution in [0.2, 0.25) is 0 Å². The first-order chi connectivity index (χ1) is 11.3. The molecule has 1 aromatic heterocycles. The number of furan rings is 1. The first-order valence-electron chi connectivity index (χ1n) is 9.00. The average Bonchev–Trinajstić information content (AvgIpc) is 3.08. The maximum Gasteiger partial charge on any atom is 0.190 e. The number of guanidine groups is 1. The van der Waals surface area contributed by atoms with E-state index in [-0.39, 0.29) is 24.0 Å². The standard InChI is InChI=1S/C18H32N4O.HI/c1-16-8-3-5-13-22(16)14-6-4-11-20-18(19-2)21-12-10-17-9-7-15-23-17;/h7,9,15-16H,3-6,8,10-14H2,1-2H3,(H2,19,20,21);1H. The summed E-state index contributed by atoms with van der Waals surface area (Å²) >= 11 is 0. The van der Waals surface area contributed by atoms with Crippen LogP contribution in [-0.4, -0.2) is 50.1 Å². The van der Waals surface area contributed by atoms with E-state index in [0.717, 1.165) is 37.3 Å². The lowest BCUT2D eigenvalue weighted by Gasteiger charge is -2.33. The molecule has 1 aliphatic rings. The highest BCUT2D eigenvalue weighted by Crippen LogP contribution is 2.16. The van der Waals surface area contributed by atoms with Crippen molar-refractivity contribution in [1.29, 1.82) is 0 Å². The minimum atomic E-state index is 0. The molecule has 138 valence electrons. The Kier molecular flexibility index (Phi) is 11.2. The Morgan fingerprint density at radius 1 is 1.29 bits per heavy atom. The molecule has 1 aliphatic heterocycles. The lowest BCUT2D eigenvalue weighted by molar-refractivity contribution is 0.158. The van der Waals surface area contributed by atoms with E-state index in [1.54, 1.807) is 6.26 Å². The fraction of sp³-hybridized carbons (Fsp3) is 0.722. The fourth-order valence-electron chi connectivity index (χ4n) is 3.12. The number of piperidine rings is 1. The summed E-state index contributed by atoms with van der Waals surface area (Å²) < 4.78 is 5.32. The van der Waals surface area contributed by atoms with Crippen molar-refractivity contribution < 1.29 is 4.42 Å². The maximum absolute atomic E-state index is 5.32. The topological polar surface area (TPSA) is 52.8 Å². The van der Waals surface area contributed by atoms with Crippen molar-refractivity contribution in [3.63, 3.8) is 0 Å². The lowest BCUT2D eigenvalue weighted by Crippen LogP contribution is -2.40. The van der Waals surface area contributed by atoms with Crippen molar-refractivity contribution in [1.82, 2.24) is 15.5 Å². The highest BCUT2D eigenvalue weighted by molar-refractivity contribution is 14.0. The molecule has 0 amide bonds. The van der Waals surface area contributed by atoms with Gasteiger partial charge in [0, 0.05) is 32.6 Å². The molecule has 5 nitrogen and oxygen atoms in total. The molecule has 0 radical (unpaired) electrons. The Hall–Kier alpha value is -0.760. The average molecular weight is 448 g/mol. The second-order valence-electron chi connectivity index (χ2n) is 6.34. The van der Waals surface area contributed by atoms with Gasteiger partial charge in [-0.05, 0) is 57.8 Å². The van der Waals surface area contributed by atoms with E-state index in [1.807, 2.05) is 19.2 Å². The summed E-state index contributed by atoms with van der Waals surface area (Å²) in [6.45, 7) is 6.68. The Bertz CT molecular complexity index is 450. The van der Waals surface area contributed by atoms with E-state index >= 15 is 0 Å². The van der Waals surface area contributed by atoms with Gasteiger partial charge in [0.1, 0.15) is 5.76 Å². The second-order valence-corrected chi connectivity index (χ2v) is 6.34. The molecular weight excluding hydrogens is 415 g/mol. The Labute approximate surface area is 163 Å². The van der Waals surface area contributed by atoms with Gasteiger partial charge in [0.2, 0.25) is 0 Å². The molecular formula is C18H33IN4O. The van der Waals surface area contributed by atoms with E-state index in [9.17, 15) is 0 Å². The molecule has 1 fully saturated rings. The largest absolute Gasteiger partial charge is 0.469 e. The van der Waals surface area contributed by atoms with Gasteiger partial charge < -0.3 is 20.0 Å². The van der Waals surface area contributed by atoms with E-state index in [0.29, 0.717) is 0 Å². The summed E-state index contributed by atoms with van der Waals surface area (Å²) in [6, 6.07) is 4.69. The van der Waals surface area contributed by atoms with Gasteiger partial charge in [0.25, 0.3) is 0 Å². The molecule has 2 heterocycles. The highest BCUT2D eigenvalue weighted by atomic mass is 127. The van der Waals surface area contributed by atoms with Gasteiger partial charge in [-0.2, -0.15) is 0 Å². The van der Waals surface area contributed by atoms with Crippen LogP contribution in [0.1, 0.15) is 44.8 Å². The molecule has 0 bridgehead atoms. The van der Waals surface area contributed by atoms with E-state index in [1.165, 1.54) is 45.2 Å². The normalized spacial score (nSPS) is 18.9. The lowest BCUT2D eigenvalue weighted by atomic mass is 10.0. The molecule has 1 unspecified atom stereocenters. The van der Waals surface area contributed by atoms with Gasteiger partial charge in [-0.15, -0.1) is 24.0 Å². The molecule has 0 aliphatic carbocycles. The molecule has 1 atom stereocenters. The van der Waals surface area contributed by atoms with Crippen LogP contribution < -0.4 is 10.6 Å². The van der Waals surface area contributed by atoms with Gasteiger partial charge in [0.15, 0.2) is 5.96 Å². The molecule has 2 rings (SSSR count). The molecule has 6 heteroatoms. The van der Waals surface area contributed by atoms with Crippen molar-refractivity contribution in [2.45, 2.75) is 51.5 Å². The minimum absolute atomic E-state index is 0. The number of unbranched alkanes of at least 4 members (excludes halogenated alkanes) is 1. The van der Waals surface area contributed by atoms with Crippen molar-refractivity contribution >= 4 is 29.9 Å². The molecule has 0 aromatic carbocycles. The van der Waals surface area contributed by atoms with Crippen LogP contribution in [0.15, 0.2) is 27.8 Å². The number of halogens is 1. The van der Waals surface area contributed by atoms with Gasteiger partial charge in [0.05, 0.1) is 6.26 Å². The van der Waals surface area contributed by atoms with E-state index in [4.69, 9.17) is 4.42 Å². The summed E-state index contributed by atoms with van der Waals surface area (Å²) in [7, 11) is 1.82. The van der Waals surface area contributed by atoms with Crippen LogP contribution in [0.25, 0.3) is 0 Å². The van der Waals surface area contributed by atoms with Gasteiger partial charge >= 0.3 is 0 Å². The summed E-state index contributed by atoms with van der Waals surface area (Å²) in [4.78, 5) is 6.90. The third-order valence-corrected chi connectivity index (χ3v) is 4.57. The number of likely N-dealkylation sites (tertiary alicyclic amines) is 1. The van der Waals surface area contributed by atoms with Gasteiger partial charge in [-0.3, -0.25) is 4.99 Å². The first-order valence-corrected chi connectivity index (χ1v) is 9.00. The zero-order valence-corrected chi connectivity index (χ0v) is 17.4. The number of aliphatic imine (C=N–C) groups is 1. The number of rotatable bonds is 8. The van der Waals surface area contributed by atoms with Gasteiger partial charge in [-0.1, -0.05) is 6.42 Å². The predicted octanol–water partition coefficient (Wildman–Crippen LogP) is 3.26. The summed E-state index contributed by atoms with van der Waals surface area (Å²) in [5.74, 6) is 1.88. The Balaban J connectivity index is 0.00000288. The zero-order chi connectivity index (χ0) is 16.3. The summed E-state index contributed by atoms with van der Waals surface area (Å²) in [5.41, 5.74) is 0. The van der Waals surface area contributed by atoms with Crippen molar-refractivity contribution in [3.05, 3.63) is 24.2 Å². The molecule has 2 N–H and O–H groups in total. The van der Waals surface area contributed by atoms with E-state index in [2.05, 4.69) is 27.4 Å². The highest BCUT2D eigenvalue weighted by Gasteiger charge is 2.16. The Morgan fingerprint density at radius 2 is 2.12 bits per heavy atom. The zero-order valence-electron chi connectivity index (χ0n) is 15.1. The SMILES string of the molecule is CN=C(NCCCCN1CCCCC1C)NCCc1ccco1.I. The number of hydrogen-bond donors (Lipinski definition) is 2. The monoisotopic (exact) mass is 448 g/mol. The Morgan fingerprint density at radius 3 is 2.83 bits per heavy atom. The van der Waals surface area contributed by atoms with Gasteiger partial charge in [-0.25, -0.2) is 0 Å². The smallest absolute Gasteiger partial charge is 0.190 e. The van der Waals surface area contributed by atoms with E-state index < -0.39 is 0 Å². The third-order valence-electron chi connectivity index (χ3n) is 4.57. The quantitative estimate of drug-likeness (QED) is 0.278. The number of nitrogens with zero attached hydrogens (tertiary/aromatic N) is 2. The second kappa shape index (κ2) is 12.6. The first kappa shape index (κ1) is 21.3. The number of hydrogen-bond acceptors (Lipinski definition) is 3. The molecule has 24 heavy (non-hydrogen) atoms. The number of nitrogens with one attached hydrogen (secondary N) is 2. The fourth-order valence-corrected chi connectivity index (χ4v) is 3.12. The predicted molar refractivity (Wildman–Crippen MR) is 111 cm³/mol. The van der Waals surface area contributed by atoms with Crippen molar-refractivity contribution in [3.8, 4) is 0 Å². The molecule has 1 aromatic rings. The third kappa shape index (κ3) is 7.88. The summed E-state index contributed by atoms with van der Waals surface area (Å²) in [5, 5.41) is 6.71. The van der Waals surface area contributed by atoms with Crippen molar-refractivity contribution in [2.24, 2.45) is 4.99 Å². The van der Waals surface area contributed by atoms with Crippen LogP contribution in [-0.2, 0) is 6.42 Å². The van der Waals surface area contributed by atoms with Crippen LogP contribution in [0.3, 0.4) is 0 Å². The molecule has 0 saturated carbocycles. The maximum atomic E-state index is 5.32.